The second-order valence-electron chi connectivity index (χ2n) is 6.20. The minimum Gasteiger partial charge on any atom is -0.319 e. The molecule has 20 heavy (non-hydrogen) atoms. The molecule has 1 heteroatoms. The van der Waals surface area contributed by atoms with E-state index in [1.54, 1.807) is 0 Å². The molecule has 0 radical (unpaired) electrons. The van der Waals surface area contributed by atoms with E-state index < -0.39 is 0 Å². The molecule has 2 aromatic rings. The lowest BCUT2D eigenvalue weighted by atomic mass is 9.75. The van der Waals surface area contributed by atoms with Gasteiger partial charge in [0, 0.05) is 0 Å². The molecule has 1 aliphatic carbocycles. The van der Waals surface area contributed by atoms with Crippen LogP contribution < -0.4 is 5.32 Å². The molecule has 1 N–H and O–H groups in total. The standard InChI is InChI=1S/C19H25N/c1-20-14-18-9-3-2-8-16(18)13-17-11-6-10-15-7-4-5-12-19(15)17/h4-7,10-12,16,18,20H,2-3,8-9,13-14H2,1H3. The molecule has 1 aliphatic rings. The van der Waals surface area contributed by atoms with Crippen molar-refractivity contribution in [3.63, 3.8) is 0 Å². The minimum absolute atomic E-state index is 0.849. The summed E-state index contributed by atoms with van der Waals surface area (Å²) in [4.78, 5) is 0. The van der Waals surface area contributed by atoms with Crippen LogP contribution in [-0.2, 0) is 6.42 Å². The minimum atomic E-state index is 0.849. The van der Waals surface area contributed by atoms with E-state index in [0.717, 1.165) is 11.8 Å². The fourth-order valence-electron chi connectivity index (χ4n) is 3.84. The highest BCUT2D eigenvalue weighted by atomic mass is 14.8. The number of nitrogens with one attached hydrogen (secondary N) is 1. The first kappa shape index (κ1) is 13.6. The van der Waals surface area contributed by atoms with Gasteiger partial charge in [0.05, 0.1) is 0 Å². The Morgan fingerprint density at radius 2 is 1.70 bits per heavy atom. The van der Waals surface area contributed by atoms with Crippen LogP contribution in [0.15, 0.2) is 42.5 Å². The van der Waals surface area contributed by atoms with Gasteiger partial charge in [-0.25, -0.2) is 0 Å². The first-order valence-electron chi connectivity index (χ1n) is 7.99. The van der Waals surface area contributed by atoms with Crippen LogP contribution in [0.25, 0.3) is 10.8 Å². The zero-order chi connectivity index (χ0) is 13.8. The van der Waals surface area contributed by atoms with E-state index in [1.165, 1.54) is 55.0 Å². The SMILES string of the molecule is CNCC1CCCCC1Cc1cccc2ccccc12. The molecule has 2 aromatic carbocycles. The molecule has 0 spiro atoms. The lowest BCUT2D eigenvalue weighted by molar-refractivity contribution is 0.232. The van der Waals surface area contributed by atoms with Crippen molar-refractivity contribution in [2.45, 2.75) is 32.1 Å². The lowest BCUT2D eigenvalue weighted by Crippen LogP contribution is -2.30. The summed E-state index contributed by atoms with van der Waals surface area (Å²) in [7, 11) is 2.09. The van der Waals surface area contributed by atoms with Crippen LogP contribution >= 0.6 is 0 Å². The molecule has 1 saturated carbocycles. The van der Waals surface area contributed by atoms with Gasteiger partial charge >= 0.3 is 0 Å². The highest BCUT2D eigenvalue weighted by molar-refractivity contribution is 5.85. The second kappa shape index (κ2) is 6.41. The molecule has 0 heterocycles. The van der Waals surface area contributed by atoms with Gasteiger partial charge in [-0.15, -0.1) is 0 Å². The Labute approximate surface area is 122 Å². The molecule has 0 saturated heterocycles. The van der Waals surface area contributed by atoms with Crippen molar-refractivity contribution in [2.75, 3.05) is 13.6 Å². The smallest absolute Gasteiger partial charge is 0.00208 e. The van der Waals surface area contributed by atoms with E-state index in [0.29, 0.717) is 0 Å². The Kier molecular flexibility index (Phi) is 4.37. The Balaban J connectivity index is 1.84. The first-order valence-corrected chi connectivity index (χ1v) is 7.99. The molecule has 3 rings (SSSR count). The zero-order valence-corrected chi connectivity index (χ0v) is 12.4. The normalized spacial score (nSPS) is 23.1. The van der Waals surface area contributed by atoms with Gasteiger partial charge in [-0.1, -0.05) is 55.3 Å². The summed E-state index contributed by atoms with van der Waals surface area (Å²) in [5, 5.41) is 6.22. The van der Waals surface area contributed by atoms with Gasteiger partial charge in [0.25, 0.3) is 0 Å². The topological polar surface area (TPSA) is 12.0 Å². The van der Waals surface area contributed by atoms with Crippen LogP contribution in [0.4, 0.5) is 0 Å². The van der Waals surface area contributed by atoms with Crippen LogP contribution in [0.5, 0.6) is 0 Å². The van der Waals surface area contributed by atoms with Gasteiger partial charge in [-0.05, 0) is 61.0 Å². The number of hydrogen-bond donors (Lipinski definition) is 1. The predicted molar refractivity (Wildman–Crippen MR) is 87.0 cm³/mol. The summed E-state index contributed by atoms with van der Waals surface area (Å²) in [5.41, 5.74) is 1.54. The molecule has 0 aromatic heterocycles. The summed E-state index contributed by atoms with van der Waals surface area (Å²) in [5.74, 6) is 1.70. The number of benzene rings is 2. The number of hydrogen-bond acceptors (Lipinski definition) is 1. The van der Waals surface area contributed by atoms with Gasteiger partial charge < -0.3 is 5.32 Å². The molecular weight excluding hydrogens is 242 g/mol. The summed E-state index contributed by atoms with van der Waals surface area (Å²) >= 11 is 0. The van der Waals surface area contributed by atoms with Crippen molar-refractivity contribution >= 4 is 10.8 Å². The Morgan fingerprint density at radius 1 is 0.950 bits per heavy atom. The number of fused-ring (bicyclic) bond motifs is 1. The monoisotopic (exact) mass is 267 g/mol. The Morgan fingerprint density at radius 3 is 2.55 bits per heavy atom. The largest absolute Gasteiger partial charge is 0.319 e. The average molecular weight is 267 g/mol. The molecule has 2 atom stereocenters. The van der Waals surface area contributed by atoms with Crippen molar-refractivity contribution in [1.29, 1.82) is 0 Å². The van der Waals surface area contributed by atoms with Crippen molar-refractivity contribution in [1.82, 2.24) is 5.32 Å². The third kappa shape index (κ3) is 2.88. The lowest BCUT2D eigenvalue weighted by Gasteiger charge is -2.32. The van der Waals surface area contributed by atoms with Crippen molar-refractivity contribution < 1.29 is 0 Å². The molecule has 106 valence electrons. The van der Waals surface area contributed by atoms with Gasteiger partial charge in [0.2, 0.25) is 0 Å². The second-order valence-corrected chi connectivity index (χ2v) is 6.20. The highest BCUT2D eigenvalue weighted by Crippen LogP contribution is 2.33. The Bertz CT molecular complexity index is 553. The van der Waals surface area contributed by atoms with Gasteiger partial charge in [0.15, 0.2) is 0 Å². The summed E-state index contributed by atoms with van der Waals surface area (Å²) in [6, 6.07) is 15.6. The summed E-state index contributed by atoms with van der Waals surface area (Å²) in [6.45, 7) is 1.18. The quantitative estimate of drug-likeness (QED) is 0.865. The van der Waals surface area contributed by atoms with Gasteiger partial charge in [-0.2, -0.15) is 0 Å². The summed E-state index contributed by atoms with van der Waals surface area (Å²) in [6.07, 6.45) is 6.87. The van der Waals surface area contributed by atoms with E-state index >= 15 is 0 Å². The zero-order valence-electron chi connectivity index (χ0n) is 12.4. The van der Waals surface area contributed by atoms with Crippen LogP contribution in [0.2, 0.25) is 0 Å². The maximum Gasteiger partial charge on any atom is -0.00208 e. The molecule has 1 nitrogen and oxygen atoms in total. The first-order chi connectivity index (χ1) is 9.88. The molecule has 0 bridgehead atoms. The van der Waals surface area contributed by atoms with E-state index in [1.807, 2.05) is 0 Å². The number of rotatable bonds is 4. The van der Waals surface area contributed by atoms with E-state index in [2.05, 4.69) is 54.8 Å². The van der Waals surface area contributed by atoms with Crippen LogP contribution in [-0.4, -0.2) is 13.6 Å². The maximum atomic E-state index is 3.39. The Hall–Kier alpha value is -1.34. The van der Waals surface area contributed by atoms with Crippen molar-refractivity contribution in [3.05, 3.63) is 48.0 Å². The average Bonchev–Trinajstić information content (AvgIpc) is 2.50. The fourth-order valence-corrected chi connectivity index (χ4v) is 3.84. The predicted octanol–water partition coefficient (Wildman–Crippen LogP) is 4.41. The van der Waals surface area contributed by atoms with Crippen molar-refractivity contribution in [3.8, 4) is 0 Å². The van der Waals surface area contributed by atoms with E-state index in [9.17, 15) is 0 Å². The third-order valence-electron chi connectivity index (χ3n) is 4.89. The van der Waals surface area contributed by atoms with Gasteiger partial charge in [0.1, 0.15) is 0 Å². The van der Waals surface area contributed by atoms with Crippen molar-refractivity contribution in [2.24, 2.45) is 11.8 Å². The molecule has 0 aliphatic heterocycles. The molecule has 2 unspecified atom stereocenters. The van der Waals surface area contributed by atoms with Crippen LogP contribution in [0.1, 0.15) is 31.2 Å². The highest BCUT2D eigenvalue weighted by Gasteiger charge is 2.24. The third-order valence-corrected chi connectivity index (χ3v) is 4.89. The fraction of sp³-hybridized carbons (Fsp3) is 0.474. The summed E-state index contributed by atoms with van der Waals surface area (Å²) < 4.78 is 0. The van der Waals surface area contributed by atoms with Gasteiger partial charge in [-0.3, -0.25) is 0 Å². The maximum absolute atomic E-state index is 3.39. The van der Waals surface area contributed by atoms with Crippen LogP contribution in [0, 0.1) is 11.8 Å². The van der Waals surface area contributed by atoms with E-state index in [4.69, 9.17) is 0 Å². The molecule has 1 fully saturated rings. The van der Waals surface area contributed by atoms with E-state index in [-0.39, 0.29) is 0 Å². The molecule has 0 amide bonds. The molecular formula is C19H25N. The van der Waals surface area contributed by atoms with Crippen LogP contribution in [0.3, 0.4) is 0 Å².